The molecule has 2 aliphatic rings. The second-order valence-corrected chi connectivity index (χ2v) is 6.47. The zero-order valence-electron chi connectivity index (χ0n) is 13.8. The molecule has 0 amide bonds. The van der Waals surface area contributed by atoms with Crippen molar-refractivity contribution in [2.24, 2.45) is 5.92 Å². The molecule has 0 bridgehead atoms. The van der Waals surface area contributed by atoms with Crippen LogP contribution in [-0.2, 0) is 0 Å². The maximum atomic E-state index is 13.2. The largest absolute Gasteiger partial charge is 0.353 e. The fourth-order valence-corrected chi connectivity index (χ4v) is 3.84. The van der Waals surface area contributed by atoms with Gasteiger partial charge in [0.05, 0.1) is 29.0 Å². The van der Waals surface area contributed by atoms with Crippen molar-refractivity contribution >= 4 is 23.2 Å². The van der Waals surface area contributed by atoms with E-state index in [-0.39, 0.29) is 23.4 Å². The normalized spacial score (nSPS) is 23.0. The fraction of sp³-hybridized carbons (Fsp3) is 0.200. The SMILES string of the molecule is N#CC1CC(C(=O)c2cccc([N+](=O)[O-])c2)N2c3ccccc3C=CC12. The minimum Gasteiger partial charge on any atom is -0.353 e. The van der Waals surface area contributed by atoms with Gasteiger partial charge in [-0.2, -0.15) is 5.26 Å². The molecule has 128 valence electrons. The van der Waals surface area contributed by atoms with Gasteiger partial charge in [-0.05, 0) is 18.1 Å². The van der Waals surface area contributed by atoms with E-state index in [1.165, 1.54) is 18.2 Å². The molecule has 2 heterocycles. The van der Waals surface area contributed by atoms with Crippen LogP contribution in [0, 0.1) is 27.4 Å². The minimum atomic E-state index is -0.516. The quantitative estimate of drug-likeness (QED) is 0.482. The minimum absolute atomic E-state index is 0.110. The molecule has 26 heavy (non-hydrogen) atoms. The summed E-state index contributed by atoms with van der Waals surface area (Å²) < 4.78 is 0. The summed E-state index contributed by atoms with van der Waals surface area (Å²) in [5.41, 5.74) is 2.11. The number of carbonyl (C=O) groups excluding carboxylic acids is 1. The van der Waals surface area contributed by atoms with Crippen molar-refractivity contribution in [1.29, 1.82) is 5.26 Å². The Morgan fingerprint density at radius 3 is 2.81 bits per heavy atom. The van der Waals surface area contributed by atoms with Gasteiger partial charge in [-0.25, -0.2) is 0 Å². The number of carbonyl (C=O) groups is 1. The molecule has 0 N–H and O–H groups in total. The fourth-order valence-electron chi connectivity index (χ4n) is 3.84. The van der Waals surface area contributed by atoms with E-state index < -0.39 is 11.0 Å². The van der Waals surface area contributed by atoms with Crippen LogP contribution in [0.3, 0.4) is 0 Å². The summed E-state index contributed by atoms with van der Waals surface area (Å²) in [5.74, 6) is -0.492. The number of fused-ring (bicyclic) bond motifs is 3. The molecule has 2 aliphatic heterocycles. The highest BCUT2D eigenvalue weighted by Crippen LogP contribution is 2.41. The van der Waals surface area contributed by atoms with Crippen LogP contribution in [0.1, 0.15) is 22.3 Å². The Bertz CT molecular complexity index is 976. The number of non-ortho nitro benzene ring substituents is 1. The number of nitro groups is 1. The smallest absolute Gasteiger partial charge is 0.270 e. The molecular formula is C20H15N3O3. The number of rotatable bonds is 3. The maximum absolute atomic E-state index is 13.2. The molecule has 0 spiro atoms. The predicted octanol–water partition coefficient (Wildman–Crippen LogP) is 3.59. The van der Waals surface area contributed by atoms with Gasteiger partial charge in [0.2, 0.25) is 0 Å². The van der Waals surface area contributed by atoms with Crippen LogP contribution in [0.5, 0.6) is 0 Å². The molecule has 4 rings (SSSR count). The Hall–Kier alpha value is -3.46. The zero-order chi connectivity index (χ0) is 18.3. The first-order valence-electron chi connectivity index (χ1n) is 8.34. The zero-order valence-corrected chi connectivity index (χ0v) is 13.8. The number of anilines is 1. The first-order chi connectivity index (χ1) is 12.6. The van der Waals surface area contributed by atoms with Crippen molar-refractivity contribution in [3.63, 3.8) is 0 Å². The topological polar surface area (TPSA) is 87.2 Å². The van der Waals surface area contributed by atoms with Crippen molar-refractivity contribution in [2.75, 3.05) is 4.90 Å². The summed E-state index contributed by atoms with van der Waals surface area (Å²) in [4.78, 5) is 25.7. The summed E-state index contributed by atoms with van der Waals surface area (Å²) in [5, 5.41) is 20.5. The van der Waals surface area contributed by atoms with Crippen molar-refractivity contribution < 1.29 is 9.72 Å². The Morgan fingerprint density at radius 2 is 2.04 bits per heavy atom. The maximum Gasteiger partial charge on any atom is 0.270 e. The highest BCUT2D eigenvalue weighted by atomic mass is 16.6. The molecule has 0 saturated carbocycles. The lowest BCUT2D eigenvalue weighted by molar-refractivity contribution is -0.384. The Kier molecular flexibility index (Phi) is 3.77. The van der Waals surface area contributed by atoms with E-state index in [1.54, 1.807) is 6.07 Å². The monoisotopic (exact) mass is 345 g/mol. The lowest BCUT2D eigenvalue weighted by atomic mass is 9.96. The van der Waals surface area contributed by atoms with Crippen molar-refractivity contribution in [1.82, 2.24) is 0 Å². The summed E-state index contributed by atoms with van der Waals surface area (Å²) in [7, 11) is 0. The van der Waals surface area contributed by atoms with E-state index in [4.69, 9.17) is 0 Å². The number of Topliss-reactive ketones (excluding diaryl/α,β-unsaturated/α-hetero) is 1. The second-order valence-electron chi connectivity index (χ2n) is 6.47. The van der Waals surface area contributed by atoms with Crippen LogP contribution in [0.25, 0.3) is 6.08 Å². The van der Waals surface area contributed by atoms with Crippen LogP contribution in [0.2, 0.25) is 0 Å². The van der Waals surface area contributed by atoms with E-state index in [1.807, 2.05) is 41.3 Å². The number of ketones is 1. The number of hydrogen-bond acceptors (Lipinski definition) is 5. The lowest BCUT2D eigenvalue weighted by Gasteiger charge is -2.34. The standard InChI is InChI=1S/C20H15N3O3/c21-12-15-11-19(20(24)14-5-3-6-16(10-14)23(25)26)22-17-7-2-1-4-13(17)8-9-18(15)22/h1-10,15,18-19H,11H2. The van der Waals surface area contributed by atoms with Gasteiger partial charge in [-0.3, -0.25) is 14.9 Å². The third-order valence-corrected chi connectivity index (χ3v) is 5.04. The third-order valence-electron chi connectivity index (χ3n) is 5.04. The molecule has 0 radical (unpaired) electrons. The molecule has 1 saturated heterocycles. The molecule has 3 unspecified atom stereocenters. The van der Waals surface area contributed by atoms with Gasteiger partial charge in [0.1, 0.15) is 0 Å². The predicted molar refractivity (Wildman–Crippen MR) is 96.7 cm³/mol. The molecule has 0 aliphatic carbocycles. The number of nitriles is 1. The molecule has 6 heteroatoms. The van der Waals surface area contributed by atoms with Gasteiger partial charge >= 0.3 is 0 Å². The number of nitrogens with zero attached hydrogens (tertiary/aromatic N) is 3. The van der Waals surface area contributed by atoms with Crippen LogP contribution in [0.15, 0.2) is 54.6 Å². The average molecular weight is 345 g/mol. The van der Waals surface area contributed by atoms with Gasteiger partial charge in [0.25, 0.3) is 5.69 Å². The molecule has 6 nitrogen and oxygen atoms in total. The van der Waals surface area contributed by atoms with Gasteiger partial charge in [0, 0.05) is 23.4 Å². The summed E-state index contributed by atoms with van der Waals surface area (Å²) in [6.45, 7) is 0. The Labute approximate surface area is 150 Å². The Morgan fingerprint density at radius 1 is 1.23 bits per heavy atom. The van der Waals surface area contributed by atoms with E-state index in [9.17, 15) is 20.2 Å². The molecule has 2 aromatic rings. The van der Waals surface area contributed by atoms with Gasteiger partial charge in [0.15, 0.2) is 5.78 Å². The Balaban J connectivity index is 1.76. The van der Waals surface area contributed by atoms with Crippen LogP contribution in [-0.4, -0.2) is 22.8 Å². The molecule has 1 fully saturated rings. The molecular weight excluding hydrogens is 330 g/mol. The molecule has 0 aromatic heterocycles. The summed E-state index contributed by atoms with van der Waals surface area (Å²) in [6, 6.07) is 15.2. The highest BCUT2D eigenvalue weighted by Gasteiger charge is 2.45. The van der Waals surface area contributed by atoms with Gasteiger partial charge < -0.3 is 4.90 Å². The average Bonchev–Trinajstić information content (AvgIpc) is 3.06. The van der Waals surface area contributed by atoms with E-state index in [0.29, 0.717) is 12.0 Å². The van der Waals surface area contributed by atoms with Gasteiger partial charge in [-0.15, -0.1) is 0 Å². The summed E-state index contributed by atoms with van der Waals surface area (Å²) in [6.07, 6.45) is 4.36. The number of hydrogen-bond donors (Lipinski definition) is 0. The van der Waals surface area contributed by atoms with Crippen LogP contribution in [0.4, 0.5) is 11.4 Å². The van der Waals surface area contributed by atoms with Crippen molar-refractivity contribution in [2.45, 2.75) is 18.5 Å². The van der Waals surface area contributed by atoms with Crippen LogP contribution >= 0.6 is 0 Å². The highest BCUT2D eigenvalue weighted by molar-refractivity contribution is 6.03. The van der Waals surface area contributed by atoms with E-state index in [0.717, 1.165) is 11.3 Å². The molecule has 2 aromatic carbocycles. The third kappa shape index (κ3) is 2.45. The number of benzene rings is 2. The number of nitro benzene ring substituents is 1. The van der Waals surface area contributed by atoms with Crippen molar-refractivity contribution in [3.05, 3.63) is 75.8 Å². The first kappa shape index (κ1) is 16.0. The van der Waals surface area contributed by atoms with E-state index >= 15 is 0 Å². The van der Waals surface area contributed by atoms with Crippen molar-refractivity contribution in [3.8, 4) is 6.07 Å². The first-order valence-corrected chi connectivity index (χ1v) is 8.34. The van der Waals surface area contributed by atoms with E-state index in [2.05, 4.69) is 6.07 Å². The number of para-hydroxylation sites is 1. The second kappa shape index (κ2) is 6.12. The molecule has 3 atom stereocenters. The summed E-state index contributed by atoms with van der Waals surface area (Å²) >= 11 is 0. The van der Waals surface area contributed by atoms with Crippen LogP contribution < -0.4 is 4.90 Å². The lowest BCUT2D eigenvalue weighted by Crippen LogP contribution is -2.42. The van der Waals surface area contributed by atoms with Gasteiger partial charge in [-0.1, -0.05) is 42.5 Å².